The third-order valence-corrected chi connectivity index (χ3v) is 3.09. The summed E-state index contributed by atoms with van der Waals surface area (Å²) in [5, 5.41) is 4.08. The van der Waals surface area contributed by atoms with Crippen LogP contribution in [-0.4, -0.2) is 16.1 Å². The number of fused-ring (bicyclic) bond motifs is 1. The van der Waals surface area contributed by atoms with Crippen molar-refractivity contribution in [1.29, 1.82) is 0 Å². The lowest BCUT2D eigenvalue weighted by atomic mass is 10.3. The van der Waals surface area contributed by atoms with Gasteiger partial charge in [-0.2, -0.15) is 0 Å². The Morgan fingerprint density at radius 3 is 2.82 bits per heavy atom. The minimum atomic E-state index is 0.355. The molecule has 1 heterocycles. The molecule has 1 aromatic heterocycles. The highest BCUT2D eigenvalue weighted by atomic mass is 35.5. The van der Waals surface area contributed by atoms with Gasteiger partial charge in [0.1, 0.15) is 5.82 Å². The summed E-state index contributed by atoms with van der Waals surface area (Å²) in [6.45, 7) is 8.11. The van der Waals surface area contributed by atoms with Gasteiger partial charge < -0.3 is 9.88 Å². The van der Waals surface area contributed by atoms with Crippen molar-refractivity contribution in [2.75, 3.05) is 6.54 Å². The molecule has 0 amide bonds. The maximum absolute atomic E-state index is 6.27. The van der Waals surface area contributed by atoms with Gasteiger partial charge in [-0.15, -0.1) is 0 Å². The summed E-state index contributed by atoms with van der Waals surface area (Å²) in [4.78, 5) is 4.65. The van der Waals surface area contributed by atoms with Crippen LogP contribution in [0.2, 0.25) is 5.02 Å². The van der Waals surface area contributed by atoms with E-state index in [1.54, 1.807) is 0 Å². The molecule has 2 rings (SSSR count). The summed E-state index contributed by atoms with van der Waals surface area (Å²) in [6.07, 6.45) is 0. The van der Waals surface area contributed by atoms with Gasteiger partial charge >= 0.3 is 0 Å². The van der Waals surface area contributed by atoms with Gasteiger partial charge in [-0.1, -0.05) is 24.6 Å². The van der Waals surface area contributed by atoms with Gasteiger partial charge in [0.15, 0.2) is 0 Å². The third-order valence-electron chi connectivity index (χ3n) is 2.78. The maximum atomic E-state index is 6.27. The van der Waals surface area contributed by atoms with Crippen LogP contribution in [0.1, 0.15) is 32.6 Å². The molecular weight excluding hydrogens is 234 g/mol. The lowest BCUT2D eigenvalue weighted by Gasteiger charge is -2.13. The molecule has 0 aliphatic carbocycles. The molecular formula is C13H18ClN3. The topological polar surface area (TPSA) is 29.9 Å². The van der Waals surface area contributed by atoms with E-state index in [2.05, 4.69) is 35.6 Å². The average Bonchev–Trinajstić information content (AvgIpc) is 2.66. The summed E-state index contributed by atoms with van der Waals surface area (Å²) in [5.41, 5.74) is 2.01. The Bertz CT molecular complexity index is 517. The molecule has 0 saturated carbocycles. The highest BCUT2D eigenvalue weighted by Crippen LogP contribution is 2.27. The molecule has 0 spiro atoms. The number of nitrogens with zero attached hydrogens (tertiary/aromatic N) is 2. The van der Waals surface area contributed by atoms with Gasteiger partial charge in [0, 0.05) is 6.04 Å². The zero-order chi connectivity index (χ0) is 12.4. The Hall–Kier alpha value is -1.06. The van der Waals surface area contributed by atoms with E-state index in [-0.39, 0.29) is 0 Å². The molecule has 0 aliphatic heterocycles. The highest BCUT2D eigenvalue weighted by molar-refractivity contribution is 6.35. The van der Waals surface area contributed by atoms with Crippen molar-refractivity contribution in [3.63, 3.8) is 0 Å². The molecule has 92 valence electrons. The quantitative estimate of drug-likeness (QED) is 0.903. The number of para-hydroxylation sites is 1. The molecule has 0 saturated heterocycles. The second-order valence-electron chi connectivity index (χ2n) is 4.38. The van der Waals surface area contributed by atoms with Crippen molar-refractivity contribution in [2.24, 2.45) is 0 Å². The van der Waals surface area contributed by atoms with Crippen molar-refractivity contribution < 1.29 is 0 Å². The predicted molar refractivity (Wildman–Crippen MR) is 72.5 cm³/mol. The van der Waals surface area contributed by atoms with Gasteiger partial charge in [0.2, 0.25) is 0 Å². The molecule has 4 heteroatoms. The van der Waals surface area contributed by atoms with E-state index in [1.165, 1.54) is 0 Å². The molecule has 1 N–H and O–H groups in total. The molecule has 2 aromatic rings. The van der Waals surface area contributed by atoms with Gasteiger partial charge in [0.05, 0.1) is 22.6 Å². The first kappa shape index (κ1) is 12.4. The minimum absolute atomic E-state index is 0.355. The van der Waals surface area contributed by atoms with Crippen molar-refractivity contribution in [1.82, 2.24) is 14.9 Å². The van der Waals surface area contributed by atoms with E-state index >= 15 is 0 Å². The monoisotopic (exact) mass is 251 g/mol. The normalized spacial score (nSPS) is 11.6. The van der Waals surface area contributed by atoms with Crippen LogP contribution in [0.5, 0.6) is 0 Å². The van der Waals surface area contributed by atoms with E-state index in [1.807, 2.05) is 18.2 Å². The fourth-order valence-electron chi connectivity index (χ4n) is 2.07. The molecule has 0 radical (unpaired) electrons. The number of hydrogen-bond donors (Lipinski definition) is 1. The molecule has 0 aliphatic rings. The highest BCUT2D eigenvalue weighted by Gasteiger charge is 2.14. The van der Waals surface area contributed by atoms with Crippen LogP contribution in [0.4, 0.5) is 0 Å². The molecule has 0 atom stereocenters. The molecule has 0 unspecified atom stereocenters. The van der Waals surface area contributed by atoms with Gasteiger partial charge in [-0.3, -0.25) is 0 Å². The summed E-state index contributed by atoms with van der Waals surface area (Å²) in [6, 6.07) is 6.23. The molecule has 17 heavy (non-hydrogen) atoms. The van der Waals surface area contributed by atoms with E-state index in [0.717, 1.165) is 35.0 Å². The van der Waals surface area contributed by atoms with Crippen molar-refractivity contribution in [2.45, 2.75) is 33.4 Å². The number of rotatable bonds is 4. The van der Waals surface area contributed by atoms with Crippen LogP contribution in [0, 0.1) is 0 Å². The van der Waals surface area contributed by atoms with E-state index in [0.29, 0.717) is 6.04 Å². The minimum Gasteiger partial charge on any atom is -0.323 e. The number of imidazole rings is 1. The van der Waals surface area contributed by atoms with E-state index < -0.39 is 0 Å². The van der Waals surface area contributed by atoms with Crippen LogP contribution in [0.15, 0.2) is 18.2 Å². The lowest BCUT2D eigenvalue weighted by molar-refractivity contribution is 0.560. The third kappa shape index (κ3) is 2.31. The number of aromatic nitrogens is 2. The van der Waals surface area contributed by atoms with E-state index in [9.17, 15) is 0 Å². The number of halogens is 1. The second-order valence-corrected chi connectivity index (χ2v) is 4.79. The zero-order valence-electron chi connectivity index (χ0n) is 10.5. The van der Waals surface area contributed by atoms with Gasteiger partial charge in [0.25, 0.3) is 0 Å². The Balaban J connectivity index is 2.59. The number of hydrogen-bond acceptors (Lipinski definition) is 2. The van der Waals surface area contributed by atoms with Crippen LogP contribution in [0.3, 0.4) is 0 Å². The predicted octanol–water partition coefficient (Wildman–Crippen LogP) is 3.38. The van der Waals surface area contributed by atoms with Crippen LogP contribution < -0.4 is 5.32 Å². The molecule has 1 aromatic carbocycles. The summed E-state index contributed by atoms with van der Waals surface area (Å²) < 4.78 is 2.21. The number of nitrogens with one attached hydrogen (secondary N) is 1. The van der Waals surface area contributed by atoms with Crippen LogP contribution in [-0.2, 0) is 6.54 Å². The Morgan fingerprint density at radius 1 is 1.41 bits per heavy atom. The standard InChI is InChI=1S/C13H18ClN3/c1-4-15-8-12-16-11-7-5-6-10(14)13(11)17(12)9(2)3/h5-7,9,15H,4,8H2,1-3H3. The first-order chi connectivity index (χ1) is 8.15. The first-order valence-electron chi connectivity index (χ1n) is 6.01. The Kier molecular flexibility index (Phi) is 3.69. The summed E-state index contributed by atoms with van der Waals surface area (Å²) in [7, 11) is 0. The van der Waals surface area contributed by atoms with Crippen molar-refractivity contribution >= 4 is 22.6 Å². The molecule has 0 bridgehead atoms. The lowest BCUT2D eigenvalue weighted by Crippen LogP contribution is -2.17. The fourth-order valence-corrected chi connectivity index (χ4v) is 2.33. The largest absolute Gasteiger partial charge is 0.323 e. The summed E-state index contributed by atoms with van der Waals surface area (Å²) in [5.74, 6) is 1.05. The SMILES string of the molecule is CCNCc1nc2cccc(Cl)c2n1C(C)C. The van der Waals surface area contributed by atoms with Crippen LogP contribution >= 0.6 is 11.6 Å². The summed E-state index contributed by atoms with van der Waals surface area (Å²) >= 11 is 6.27. The smallest absolute Gasteiger partial charge is 0.124 e. The molecule has 0 fully saturated rings. The van der Waals surface area contributed by atoms with Gasteiger partial charge in [-0.25, -0.2) is 4.98 Å². The fraction of sp³-hybridized carbons (Fsp3) is 0.462. The average molecular weight is 252 g/mol. The Morgan fingerprint density at radius 2 is 2.18 bits per heavy atom. The van der Waals surface area contributed by atoms with Crippen molar-refractivity contribution in [3.8, 4) is 0 Å². The van der Waals surface area contributed by atoms with E-state index in [4.69, 9.17) is 11.6 Å². The Labute approximate surface area is 107 Å². The van der Waals surface area contributed by atoms with Gasteiger partial charge in [-0.05, 0) is 32.5 Å². The van der Waals surface area contributed by atoms with Crippen LogP contribution in [0.25, 0.3) is 11.0 Å². The van der Waals surface area contributed by atoms with Crippen molar-refractivity contribution in [3.05, 3.63) is 29.0 Å². The zero-order valence-corrected chi connectivity index (χ0v) is 11.3. The second kappa shape index (κ2) is 5.07. The molecule has 3 nitrogen and oxygen atoms in total. The first-order valence-corrected chi connectivity index (χ1v) is 6.39. The number of benzene rings is 1. The maximum Gasteiger partial charge on any atom is 0.124 e.